The number of ether oxygens (including phenoxy) is 2. The molecular weight excluding hydrogens is 268 g/mol. The Morgan fingerprint density at radius 1 is 1.38 bits per heavy atom. The number of carboxylic acid groups (broad SMARTS) is 1. The molecule has 1 aliphatic rings. The third-order valence-corrected chi connectivity index (χ3v) is 3.84. The maximum Gasteiger partial charge on any atom is 0.339 e. The first-order valence-corrected chi connectivity index (χ1v) is 7.77. The fourth-order valence-corrected chi connectivity index (χ4v) is 2.75. The topological polar surface area (TPSA) is 55.8 Å². The average molecular weight is 292 g/mol. The van der Waals surface area contributed by atoms with E-state index in [0.29, 0.717) is 24.0 Å². The van der Waals surface area contributed by atoms with E-state index in [2.05, 4.69) is 6.92 Å². The normalized spacial score (nSPS) is 21.8. The van der Waals surface area contributed by atoms with Crippen molar-refractivity contribution in [2.24, 2.45) is 5.92 Å². The average Bonchev–Trinajstić information content (AvgIpc) is 2.45. The molecule has 0 spiro atoms. The zero-order chi connectivity index (χ0) is 15.2. The molecule has 1 aliphatic carbocycles. The van der Waals surface area contributed by atoms with E-state index in [4.69, 9.17) is 9.47 Å². The van der Waals surface area contributed by atoms with Gasteiger partial charge in [0.25, 0.3) is 0 Å². The van der Waals surface area contributed by atoms with Crippen LogP contribution in [-0.2, 0) is 0 Å². The van der Waals surface area contributed by atoms with Gasteiger partial charge >= 0.3 is 5.97 Å². The molecule has 0 radical (unpaired) electrons. The molecule has 1 saturated carbocycles. The highest BCUT2D eigenvalue weighted by atomic mass is 16.5. The molecular formula is C17H24O4. The summed E-state index contributed by atoms with van der Waals surface area (Å²) in [5.74, 6) is 0.767. The Hall–Kier alpha value is -1.71. The largest absolute Gasteiger partial charge is 0.493 e. The number of hydrogen-bond donors (Lipinski definition) is 1. The van der Waals surface area contributed by atoms with Crippen molar-refractivity contribution in [1.29, 1.82) is 0 Å². The van der Waals surface area contributed by atoms with Gasteiger partial charge in [-0.15, -0.1) is 0 Å². The fourth-order valence-electron chi connectivity index (χ4n) is 2.75. The molecule has 0 aliphatic heterocycles. The third kappa shape index (κ3) is 4.38. The van der Waals surface area contributed by atoms with Crippen LogP contribution in [-0.4, -0.2) is 23.8 Å². The molecule has 0 amide bonds. The van der Waals surface area contributed by atoms with Crippen LogP contribution >= 0.6 is 0 Å². The van der Waals surface area contributed by atoms with Crippen LogP contribution in [0.2, 0.25) is 0 Å². The van der Waals surface area contributed by atoms with Gasteiger partial charge in [-0.1, -0.05) is 20.3 Å². The predicted molar refractivity (Wildman–Crippen MR) is 81.2 cm³/mol. The maximum atomic E-state index is 11.3. The van der Waals surface area contributed by atoms with Crippen LogP contribution in [0, 0.1) is 5.92 Å². The lowest BCUT2D eigenvalue weighted by Crippen LogP contribution is -2.24. The molecule has 1 N–H and O–H groups in total. The van der Waals surface area contributed by atoms with Gasteiger partial charge in [0, 0.05) is 6.07 Å². The summed E-state index contributed by atoms with van der Waals surface area (Å²) in [5, 5.41) is 9.29. The molecule has 0 saturated heterocycles. The van der Waals surface area contributed by atoms with Crippen molar-refractivity contribution in [1.82, 2.24) is 0 Å². The lowest BCUT2D eigenvalue weighted by atomic mass is 9.88. The smallest absolute Gasteiger partial charge is 0.339 e. The minimum Gasteiger partial charge on any atom is -0.493 e. The Morgan fingerprint density at radius 2 is 2.19 bits per heavy atom. The van der Waals surface area contributed by atoms with Crippen molar-refractivity contribution < 1.29 is 19.4 Å². The van der Waals surface area contributed by atoms with Crippen molar-refractivity contribution in [3.05, 3.63) is 23.8 Å². The minimum atomic E-state index is -0.962. The van der Waals surface area contributed by atoms with Crippen LogP contribution < -0.4 is 9.47 Å². The maximum absolute atomic E-state index is 11.3. The van der Waals surface area contributed by atoms with Crippen LogP contribution in [0.4, 0.5) is 0 Å². The zero-order valence-electron chi connectivity index (χ0n) is 12.8. The second-order valence-electron chi connectivity index (χ2n) is 5.82. The van der Waals surface area contributed by atoms with E-state index in [1.54, 1.807) is 18.2 Å². The molecule has 2 unspecified atom stereocenters. The monoisotopic (exact) mass is 292 g/mol. The highest BCUT2D eigenvalue weighted by Crippen LogP contribution is 2.31. The van der Waals surface area contributed by atoms with E-state index in [-0.39, 0.29) is 11.7 Å². The van der Waals surface area contributed by atoms with Gasteiger partial charge in [-0.05, 0) is 43.7 Å². The van der Waals surface area contributed by atoms with Gasteiger partial charge in [-0.3, -0.25) is 0 Å². The lowest BCUT2D eigenvalue weighted by molar-refractivity contribution is 0.0683. The van der Waals surface area contributed by atoms with E-state index in [1.807, 2.05) is 6.92 Å². The first kappa shape index (κ1) is 15.7. The molecule has 4 heteroatoms. The summed E-state index contributed by atoms with van der Waals surface area (Å²) in [6.45, 7) is 4.87. The standard InChI is InChI=1S/C17H24O4/c1-3-9-20-13-7-8-15(17(18)19)16(11-13)21-14-6-4-5-12(2)10-14/h7-8,11-12,14H,3-6,9-10H2,1-2H3,(H,18,19). The second-order valence-corrected chi connectivity index (χ2v) is 5.82. The van der Waals surface area contributed by atoms with Crippen LogP contribution in [0.15, 0.2) is 18.2 Å². The predicted octanol–water partition coefficient (Wildman–Crippen LogP) is 4.13. The molecule has 0 aromatic heterocycles. The Balaban J connectivity index is 2.15. The highest BCUT2D eigenvalue weighted by molar-refractivity contribution is 5.91. The van der Waals surface area contributed by atoms with E-state index in [9.17, 15) is 9.90 Å². The molecule has 1 aromatic rings. The highest BCUT2D eigenvalue weighted by Gasteiger charge is 2.22. The summed E-state index contributed by atoms with van der Waals surface area (Å²) in [7, 11) is 0. The molecule has 4 nitrogen and oxygen atoms in total. The van der Waals surface area contributed by atoms with Crippen LogP contribution in [0.25, 0.3) is 0 Å². The minimum absolute atomic E-state index is 0.105. The van der Waals surface area contributed by atoms with Crippen molar-refractivity contribution >= 4 is 5.97 Å². The number of aromatic carboxylic acids is 1. The van der Waals surface area contributed by atoms with Gasteiger partial charge < -0.3 is 14.6 Å². The van der Waals surface area contributed by atoms with Crippen LogP contribution in [0.5, 0.6) is 11.5 Å². The summed E-state index contributed by atoms with van der Waals surface area (Å²) in [4.78, 5) is 11.3. The van der Waals surface area contributed by atoms with Crippen molar-refractivity contribution in [2.45, 2.75) is 52.1 Å². The van der Waals surface area contributed by atoms with Crippen LogP contribution in [0.3, 0.4) is 0 Å². The third-order valence-electron chi connectivity index (χ3n) is 3.84. The quantitative estimate of drug-likeness (QED) is 0.856. The van der Waals surface area contributed by atoms with Gasteiger partial charge in [0.15, 0.2) is 0 Å². The second kappa shape index (κ2) is 7.34. The van der Waals surface area contributed by atoms with Crippen molar-refractivity contribution in [3.63, 3.8) is 0 Å². The lowest BCUT2D eigenvalue weighted by Gasteiger charge is -2.28. The molecule has 1 aromatic carbocycles. The zero-order valence-corrected chi connectivity index (χ0v) is 12.8. The molecule has 0 heterocycles. The Labute approximate surface area is 126 Å². The molecule has 21 heavy (non-hydrogen) atoms. The van der Waals surface area contributed by atoms with Crippen molar-refractivity contribution in [2.75, 3.05) is 6.61 Å². The fraction of sp³-hybridized carbons (Fsp3) is 0.588. The Kier molecular flexibility index (Phi) is 5.48. The van der Waals surface area contributed by atoms with Crippen LogP contribution in [0.1, 0.15) is 56.3 Å². The Bertz CT molecular complexity index is 484. The van der Waals surface area contributed by atoms with E-state index in [0.717, 1.165) is 25.7 Å². The van der Waals surface area contributed by atoms with Gasteiger partial charge in [0.05, 0.1) is 12.7 Å². The first-order valence-electron chi connectivity index (χ1n) is 7.77. The molecule has 2 atom stereocenters. The molecule has 1 fully saturated rings. The van der Waals surface area contributed by atoms with Crippen molar-refractivity contribution in [3.8, 4) is 11.5 Å². The van der Waals surface area contributed by atoms with E-state index >= 15 is 0 Å². The molecule has 2 rings (SSSR count). The molecule has 116 valence electrons. The van der Waals surface area contributed by atoms with E-state index in [1.165, 1.54) is 6.42 Å². The summed E-state index contributed by atoms with van der Waals surface area (Å²) >= 11 is 0. The number of carbonyl (C=O) groups is 1. The number of carboxylic acids is 1. The number of hydrogen-bond acceptors (Lipinski definition) is 3. The Morgan fingerprint density at radius 3 is 2.86 bits per heavy atom. The van der Waals surface area contributed by atoms with E-state index < -0.39 is 5.97 Å². The summed E-state index contributed by atoms with van der Waals surface area (Å²) in [5.41, 5.74) is 0.206. The van der Waals surface area contributed by atoms with Gasteiger partial charge in [-0.2, -0.15) is 0 Å². The summed E-state index contributed by atoms with van der Waals surface area (Å²) in [6, 6.07) is 4.96. The first-order chi connectivity index (χ1) is 10.1. The van der Waals surface area contributed by atoms with Gasteiger partial charge in [-0.25, -0.2) is 4.79 Å². The van der Waals surface area contributed by atoms with Gasteiger partial charge in [0.1, 0.15) is 17.1 Å². The summed E-state index contributed by atoms with van der Waals surface area (Å²) < 4.78 is 11.5. The number of benzene rings is 1. The SMILES string of the molecule is CCCOc1ccc(C(=O)O)c(OC2CCCC(C)C2)c1. The molecule has 0 bridgehead atoms. The van der Waals surface area contributed by atoms with Gasteiger partial charge in [0.2, 0.25) is 0 Å². The number of rotatable bonds is 6. The summed E-state index contributed by atoms with van der Waals surface area (Å²) in [6.07, 6.45) is 5.36.